The number of hydrogen-bond acceptors (Lipinski definition) is 4. The van der Waals surface area contributed by atoms with Crippen molar-refractivity contribution in [3.63, 3.8) is 0 Å². The van der Waals surface area contributed by atoms with Crippen molar-refractivity contribution in [1.82, 2.24) is 0 Å². The Morgan fingerprint density at radius 3 is 2.65 bits per heavy atom. The zero-order valence-corrected chi connectivity index (χ0v) is 17.2. The summed E-state index contributed by atoms with van der Waals surface area (Å²) in [6, 6.07) is 0. The Labute approximate surface area is 158 Å². The first-order valence-electron chi connectivity index (χ1n) is 9.77. The normalized spacial score (nSPS) is 37.3. The number of aliphatic hydroxyl groups excluding tert-OH is 1. The molecular weight excluding hydrogens is 328 g/mol. The molecule has 1 heterocycles. The van der Waals surface area contributed by atoms with Crippen LogP contribution in [0.3, 0.4) is 0 Å². The molecule has 4 heteroatoms. The minimum absolute atomic E-state index is 0.0148. The summed E-state index contributed by atoms with van der Waals surface area (Å²) < 4.78 is 17.2. The first-order valence-corrected chi connectivity index (χ1v) is 9.77. The Morgan fingerprint density at radius 1 is 1.31 bits per heavy atom. The molecule has 0 aromatic carbocycles. The predicted molar refractivity (Wildman–Crippen MR) is 105 cm³/mol. The van der Waals surface area contributed by atoms with Crippen LogP contribution < -0.4 is 0 Å². The molecule has 0 saturated carbocycles. The van der Waals surface area contributed by atoms with Crippen LogP contribution in [0.1, 0.15) is 53.4 Å². The van der Waals surface area contributed by atoms with Gasteiger partial charge in [0.1, 0.15) is 0 Å². The lowest BCUT2D eigenvalue weighted by molar-refractivity contribution is -0.197. The van der Waals surface area contributed by atoms with Gasteiger partial charge in [-0.25, -0.2) is 0 Å². The van der Waals surface area contributed by atoms with Crippen molar-refractivity contribution in [1.29, 1.82) is 0 Å². The summed E-state index contributed by atoms with van der Waals surface area (Å²) in [5, 5.41) is 11.1. The molecule has 0 amide bonds. The molecule has 148 valence electrons. The highest BCUT2D eigenvalue weighted by Crippen LogP contribution is 2.45. The molecule has 1 aliphatic heterocycles. The molecule has 26 heavy (non-hydrogen) atoms. The van der Waals surface area contributed by atoms with E-state index >= 15 is 0 Å². The molecule has 1 fully saturated rings. The van der Waals surface area contributed by atoms with Crippen LogP contribution in [0.5, 0.6) is 0 Å². The third-order valence-corrected chi connectivity index (χ3v) is 5.70. The van der Waals surface area contributed by atoms with Crippen molar-refractivity contribution in [2.24, 2.45) is 17.8 Å². The van der Waals surface area contributed by atoms with Crippen LogP contribution in [0.15, 0.2) is 34.9 Å². The van der Waals surface area contributed by atoms with Gasteiger partial charge in [-0.1, -0.05) is 36.3 Å². The Kier molecular flexibility index (Phi) is 8.08. The second kappa shape index (κ2) is 9.84. The number of hydrogen-bond donors (Lipinski definition) is 1. The second-order valence-electron chi connectivity index (χ2n) is 8.01. The van der Waals surface area contributed by atoms with Gasteiger partial charge in [-0.15, -0.1) is 0 Å². The molecule has 0 bridgehead atoms. The quantitative estimate of drug-likeness (QED) is 0.700. The molecule has 1 saturated heterocycles. The third-order valence-electron chi connectivity index (χ3n) is 5.70. The molecule has 0 aromatic rings. The van der Waals surface area contributed by atoms with E-state index in [4.69, 9.17) is 14.2 Å². The minimum Gasteiger partial charge on any atom is -0.392 e. The molecule has 6 atom stereocenters. The van der Waals surface area contributed by atoms with Crippen LogP contribution in [0.4, 0.5) is 0 Å². The van der Waals surface area contributed by atoms with Gasteiger partial charge in [0.2, 0.25) is 0 Å². The van der Waals surface area contributed by atoms with Crippen molar-refractivity contribution >= 4 is 0 Å². The van der Waals surface area contributed by atoms with E-state index in [0.29, 0.717) is 12.3 Å². The van der Waals surface area contributed by atoms with E-state index in [2.05, 4.69) is 45.9 Å². The highest BCUT2D eigenvalue weighted by molar-refractivity contribution is 5.21. The maximum atomic E-state index is 11.1. The summed E-state index contributed by atoms with van der Waals surface area (Å²) >= 11 is 0. The monoisotopic (exact) mass is 364 g/mol. The topological polar surface area (TPSA) is 47.9 Å². The number of fused-ring (bicyclic) bond motifs is 1. The second-order valence-corrected chi connectivity index (χ2v) is 8.01. The van der Waals surface area contributed by atoms with E-state index < -0.39 is 12.4 Å². The highest BCUT2D eigenvalue weighted by Gasteiger charge is 2.48. The van der Waals surface area contributed by atoms with Crippen molar-refractivity contribution in [2.45, 2.75) is 72.1 Å². The Morgan fingerprint density at radius 2 is 2.04 bits per heavy atom. The SMILES string of the molecule is COC1OC(OC)C2/C1=C\C/C=C(\C)CC(O)C2C(C)CCC=C(C)C. The average molecular weight is 365 g/mol. The number of ether oxygens (including phenoxy) is 3. The largest absolute Gasteiger partial charge is 0.392 e. The minimum atomic E-state index is -0.420. The molecule has 2 aliphatic rings. The molecule has 0 aromatic heterocycles. The number of methoxy groups -OCH3 is 2. The molecule has 4 nitrogen and oxygen atoms in total. The van der Waals surface area contributed by atoms with Crippen molar-refractivity contribution in [2.75, 3.05) is 14.2 Å². The van der Waals surface area contributed by atoms with Crippen LogP contribution >= 0.6 is 0 Å². The molecular formula is C22H36O4. The summed E-state index contributed by atoms with van der Waals surface area (Å²) in [7, 11) is 3.34. The van der Waals surface area contributed by atoms with Crippen molar-refractivity contribution in [3.05, 3.63) is 34.9 Å². The average Bonchev–Trinajstić information content (AvgIpc) is 2.93. The maximum absolute atomic E-state index is 11.1. The first kappa shape index (κ1) is 21.4. The van der Waals surface area contributed by atoms with Gasteiger partial charge >= 0.3 is 0 Å². The van der Waals surface area contributed by atoms with Crippen molar-refractivity contribution in [3.8, 4) is 0 Å². The molecule has 1 N–H and O–H groups in total. The van der Waals surface area contributed by atoms with Gasteiger partial charge in [0.05, 0.1) is 6.10 Å². The van der Waals surface area contributed by atoms with Crippen LogP contribution in [0.25, 0.3) is 0 Å². The summed E-state index contributed by atoms with van der Waals surface area (Å²) in [4.78, 5) is 0. The summed E-state index contributed by atoms with van der Waals surface area (Å²) in [6.45, 7) is 8.60. The van der Waals surface area contributed by atoms with Gasteiger partial charge in [0.25, 0.3) is 0 Å². The van der Waals surface area contributed by atoms with E-state index in [1.165, 1.54) is 11.1 Å². The number of allylic oxidation sites excluding steroid dienone is 4. The first-order chi connectivity index (χ1) is 12.4. The fourth-order valence-corrected chi connectivity index (χ4v) is 4.37. The molecule has 2 rings (SSSR count). The Bertz CT molecular complexity index is 544. The lowest BCUT2D eigenvalue weighted by atomic mass is 9.72. The molecule has 1 aliphatic carbocycles. The van der Waals surface area contributed by atoms with Gasteiger partial charge in [-0.05, 0) is 63.9 Å². The van der Waals surface area contributed by atoms with Gasteiger partial charge in [0.15, 0.2) is 12.6 Å². The van der Waals surface area contributed by atoms with Crippen LogP contribution in [0.2, 0.25) is 0 Å². The third kappa shape index (κ3) is 5.07. The summed E-state index contributed by atoms with van der Waals surface area (Å²) in [5.41, 5.74) is 3.69. The Hall–Kier alpha value is -0.940. The predicted octanol–water partition coefficient (Wildman–Crippen LogP) is 4.60. The van der Waals surface area contributed by atoms with Gasteiger partial charge in [-0.3, -0.25) is 0 Å². The zero-order chi connectivity index (χ0) is 19.3. The lowest BCUT2D eigenvalue weighted by Crippen LogP contribution is -2.38. The summed E-state index contributed by atoms with van der Waals surface area (Å²) in [6.07, 6.45) is 9.07. The van der Waals surface area contributed by atoms with Crippen LogP contribution in [-0.2, 0) is 14.2 Å². The van der Waals surface area contributed by atoms with Gasteiger partial charge in [-0.2, -0.15) is 0 Å². The smallest absolute Gasteiger partial charge is 0.183 e. The van der Waals surface area contributed by atoms with Gasteiger partial charge < -0.3 is 19.3 Å². The molecule has 6 unspecified atom stereocenters. The van der Waals surface area contributed by atoms with E-state index in [-0.39, 0.29) is 18.1 Å². The zero-order valence-electron chi connectivity index (χ0n) is 17.2. The lowest BCUT2D eigenvalue weighted by Gasteiger charge is -2.35. The number of aliphatic hydroxyl groups is 1. The van der Waals surface area contributed by atoms with E-state index in [0.717, 1.165) is 24.8 Å². The van der Waals surface area contributed by atoms with Crippen molar-refractivity contribution < 1.29 is 19.3 Å². The van der Waals surface area contributed by atoms with E-state index in [1.54, 1.807) is 14.2 Å². The van der Waals surface area contributed by atoms with Gasteiger partial charge in [0, 0.05) is 20.1 Å². The van der Waals surface area contributed by atoms with Crippen LogP contribution in [0, 0.1) is 17.8 Å². The standard InChI is InChI=1S/C22H36O4/c1-14(2)9-7-11-16(4)19-18(23)13-15(3)10-8-12-17-20(19)22(25-6)26-21(17)24-5/h9-10,12,16,18-23H,7-8,11,13H2,1-6H3/b15-10+,17-12+. The number of rotatable bonds is 6. The fourth-order valence-electron chi connectivity index (χ4n) is 4.37. The maximum Gasteiger partial charge on any atom is 0.183 e. The molecule has 0 spiro atoms. The van der Waals surface area contributed by atoms with E-state index in [1.807, 2.05) is 0 Å². The van der Waals surface area contributed by atoms with E-state index in [9.17, 15) is 5.11 Å². The molecule has 0 radical (unpaired) electrons. The summed E-state index contributed by atoms with van der Waals surface area (Å²) in [5.74, 6) is 0.427. The van der Waals surface area contributed by atoms with Crippen LogP contribution in [-0.4, -0.2) is 38.0 Å². The Balaban J connectivity index is 2.35. The highest BCUT2D eigenvalue weighted by atomic mass is 16.8. The fraction of sp³-hybridized carbons (Fsp3) is 0.727.